The normalized spacial score (nSPS) is 10.9. The maximum atomic E-state index is 9.02. The summed E-state index contributed by atoms with van der Waals surface area (Å²) >= 11 is 5.71. The zero-order valence-electron chi connectivity index (χ0n) is 8.28. The third kappa shape index (κ3) is 1.55. The summed E-state index contributed by atoms with van der Waals surface area (Å²) in [5, 5.41) is 9.28. The van der Waals surface area contributed by atoms with E-state index in [1.165, 1.54) is 6.20 Å². The van der Waals surface area contributed by atoms with Gasteiger partial charge in [0.2, 0.25) is 5.71 Å². The van der Waals surface area contributed by atoms with Crippen molar-refractivity contribution in [2.75, 3.05) is 0 Å². The molecule has 0 aliphatic carbocycles. The molecule has 0 aliphatic rings. The number of hydrogen-bond acceptors (Lipinski definition) is 4. The van der Waals surface area contributed by atoms with E-state index in [-0.39, 0.29) is 11.1 Å². The molecule has 0 N–H and O–H groups in total. The van der Waals surface area contributed by atoms with Gasteiger partial charge in [0.1, 0.15) is 28.1 Å². The molecule has 0 amide bonds. The Kier molecular flexibility index (Phi) is 2.33. The van der Waals surface area contributed by atoms with Crippen LogP contribution in [-0.4, -0.2) is 9.97 Å². The van der Waals surface area contributed by atoms with Gasteiger partial charge >= 0.3 is 0 Å². The minimum Gasteiger partial charge on any atom is -0.440 e. The molecule has 15 heavy (non-hydrogen) atoms. The van der Waals surface area contributed by atoms with E-state index in [0.29, 0.717) is 22.6 Å². The number of nitriles is 1. The first kappa shape index (κ1) is 9.94. The predicted octanol–water partition coefficient (Wildman–Crippen LogP) is 2.87. The van der Waals surface area contributed by atoms with Gasteiger partial charge in [0.15, 0.2) is 0 Å². The summed E-state index contributed by atoms with van der Waals surface area (Å²) in [6.07, 6.45) is 1.40. The SMILES string of the molecule is CC(C)c1oc2ncc(Cl)nc2c1C#N. The Bertz CT molecular complexity index is 554. The Balaban J connectivity index is 2.81. The Morgan fingerprint density at radius 2 is 2.27 bits per heavy atom. The number of halogens is 1. The van der Waals surface area contributed by atoms with E-state index in [1.54, 1.807) is 0 Å². The molecule has 0 fully saturated rings. The highest BCUT2D eigenvalue weighted by molar-refractivity contribution is 6.29. The third-order valence-electron chi connectivity index (χ3n) is 2.04. The van der Waals surface area contributed by atoms with Crippen molar-refractivity contribution in [3.8, 4) is 6.07 Å². The fourth-order valence-corrected chi connectivity index (χ4v) is 1.51. The molecule has 0 unspecified atom stereocenters. The molecule has 2 heterocycles. The highest BCUT2D eigenvalue weighted by Crippen LogP contribution is 2.28. The molecule has 0 spiro atoms. The van der Waals surface area contributed by atoms with Crippen LogP contribution < -0.4 is 0 Å². The number of hydrogen-bond donors (Lipinski definition) is 0. The molecule has 5 heteroatoms. The zero-order chi connectivity index (χ0) is 11.0. The minimum atomic E-state index is 0.120. The van der Waals surface area contributed by atoms with Crippen LogP contribution in [0.1, 0.15) is 31.1 Å². The third-order valence-corrected chi connectivity index (χ3v) is 2.22. The first-order valence-corrected chi connectivity index (χ1v) is 4.86. The van der Waals surface area contributed by atoms with Crippen molar-refractivity contribution in [3.05, 3.63) is 22.7 Å². The summed E-state index contributed by atoms with van der Waals surface area (Å²) in [7, 11) is 0. The van der Waals surface area contributed by atoms with Gasteiger partial charge in [-0.3, -0.25) is 0 Å². The minimum absolute atomic E-state index is 0.120. The summed E-state index contributed by atoms with van der Waals surface area (Å²) in [6.45, 7) is 3.89. The monoisotopic (exact) mass is 221 g/mol. The Labute approximate surface area is 91.5 Å². The van der Waals surface area contributed by atoms with Gasteiger partial charge in [0, 0.05) is 5.92 Å². The zero-order valence-corrected chi connectivity index (χ0v) is 9.04. The van der Waals surface area contributed by atoms with E-state index in [0.717, 1.165) is 0 Å². The van der Waals surface area contributed by atoms with Gasteiger partial charge in [0.05, 0.1) is 6.20 Å². The van der Waals surface area contributed by atoms with Crippen molar-refractivity contribution in [1.82, 2.24) is 9.97 Å². The number of aromatic nitrogens is 2. The largest absolute Gasteiger partial charge is 0.440 e. The summed E-state index contributed by atoms with van der Waals surface area (Å²) in [5.41, 5.74) is 1.23. The van der Waals surface area contributed by atoms with Crippen molar-refractivity contribution < 1.29 is 4.42 Å². The summed E-state index contributed by atoms with van der Waals surface area (Å²) in [6, 6.07) is 2.07. The van der Waals surface area contributed by atoms with Gasteiger partial charge in [-0.05, 0) is 0 Å². The van der Waals surface area contributed by atoms with E-state index in [2.05, 4.69) is 16.0 Å². The topological polar surface area (TPSA) is 62.7 Å². The molecular formula is C10H8ClN3O. The van der Waals surface area contributed by atoms with Crippen LogP contribution in [0.2, 0.25) is 5.15 Å². The smallest absolute Gasteiger partial charge is 0.246 e. The van der Waals surface area contributed by atoms with E-state index < -0.39 is 0 Å². The average molecular weight is 222 g/mol. The van der Waals surface area contributed by atoms with E-state index in [4.69, 9.17) is 21.3 Å². The number of nitrogens with zero attached hydrogens (tertiary/aromatic N) is 3. The summed E-state index contributed by atoms with van der Waals surface area (Å²) < 4.78 is 5.45. The molecule has 2 rings (SSSR count). The molecular weight excluding hydrogens is 214 g/mol. The van der Waals surface area contributed by atoms with Gasteiger partial charge < -0.3 is 4.42 Å². The van der Waals surface area contributed by atoms with Gasteiger partial charge in [-0.2, -0.15) is 5.26 Å². The lowest BCUT2D eigenvalue weighted by Gasteiger charge is -1.97. The van der Waals surface area contributed by atoms with Gasteiger partial charge in [0.25, 0.3) is 0 Å². The van der Waals surface area contributed by atoms with Crippen molar-refractivity contribution in [1.29, 1.82) is 5.26 Å². The van der Waals surface area contributed by atoms with Gasteiger partial charge in [-0.1, -0.05) is 25.4 Å². The van der Waals surface area contributed by atoms with E-state index in [9.17, 15) is 0 Å². The first-order chi connectivity index (χ1) is 7.13. The molecule has 0 aromatic carbocycles. The maximum absolute atomic E-state index is 9.02. The maximum Gasteiger partial charge on any atom is 0.246 e. The van der Waals surface area contributed by atoms with Crippen LogP contribution in [0.25, 0.3) is 11.2 Å². The molecule has 0 radical (unpaired) electrons. The van der Waals surface area contributed by atoms with Crippen LogP contribution in [-0.2, 0) is 0 Å². The van der Waals surface area contributed by atoms with E-state index >= 15 is 0 Å². The first-order valence-electron chi connectivity index (χ1n) is 4.48. The molecule has 2 aromatic heterocycles. The lowest BCUT2D eigenvalue weighted by Crippen LogP contribution is -1.87. The van der Waals surface area contributed by atoms with Crippen LogP contribution in [0, 0.1) is 11.3 Å². The standard InChI is InChI=1S/C10H8ClN3O/c1-5(2)9-6(3-12)8-10(15-9)13-4-7(11)14-8/h4-5H,1-2H3. The predicted molar refractivity (Wildman–Crippen MR) is 55.6 cm³/mol. The lowest BCUT2D eigenvalue weighted by molar-refractivity contribution is 0.512. The van der Waals surface area contributed by atoms with Crippen LogP contribution in [0.15, 0.2) is 10.6 Å². The molecule has 2 aromatic rings. The quantitative estimate of drug-likeness (QED) is 0.743. The Morgan fingerprint density at radius 1 is 1.53 bits per heavy atom. The molecule has 0 aliphatic heterocycles. The molecule has 0 bridgehead atoms. The fraction of sp³-hybridized carbons (Fsp3) is 0.300. The van der Waals surface area contributed by atoms with Crippen LogP contribution >= 0.6 is 11.6 Å². The molecule has 0 saturated heterocycles. The highest BCUT2D eigenvalue weighted by Gasteiger charge is 2.18. The van der Waals surface area contributed by atoms with Crippen LogP contribution in [0.3, 0.4) is 0 Å². The second-order valence-electron chi connectivity index (χ2n) is 3.45. The van der Waals surface area contributed by atoms with Crippen molar-refractivity contribution in [2.24, 2.45) is 0 Å². The molecule has 0 atom stereocenters. The van der Waals surface area contributed by atoms with E-state index in [1.807, 2.05) is 13.8 Å². The molecule has 4 nitrogen and oxygen atoms in total. The number of fused-ring (bicyclic) bond motifs is 1. The lowest BCUT2D eigenvalue weighted by atomic mass is 10.1. The summed E-state index contributed by atoms with van der Waals surface area (Å²) in [4.78, 5) is 8.02. The van der Waals surface area contributed by atoms with Crippen LogP contribution in [0.4, 0.5) is 0 Å². The Hall–Kier alpha value is -1.60. The second-order valence-corrected chi connectivity index (χ2v) is 3.84. The second kappa shape index (κ2) is 3.52. The van der Waals surface area contributed by atoms with Crippen molar-refractivity contribution in [3.63, 3.8) is 0 Å². The van der Waals surface area contributed by atoms with Gasteiger partial charge in [-0.15, -0.1) is 0 Å². The molecule has 0 saturated carbocycles. The highest BCUT2D eigenvalue weighted by atomic mass is 35.5. The average Bonchev–Trinajstić information content (AvgIpc) is 2.55. The van der Waals surface area contributed by atoms with Crippen molar-refractivity contribution in [2.45, 2.75) is 19.8 Å². The number of furan rings is 1. The molecule has 76 valence electrons. The van der Waals surface area contributed by atoms with Crippen molar-refractivity contribution >= 4 is 22.8 Å². The van der Waals surface area contributed by atoms with Crippen LogP contribution in [0.5, 0.6) is 0 Å². The summed E-state index contributed by atoms with van der Waals surface area (Å²) in [5.74, 6) is 0.726. The number of rotatable bonds is 1. The Morgan fingerprint density at radius 3 is 2.87 bits per heavy atom. The fourth-order valence-electron chi connectivity index (χ4n) is 1.38. The van der Waals surface area contributed by atoms with Gasteiger partial charge in [-0.25, -0.2) is 9.97 Å².